The normalized spacial score (nSPS) is 31.8. The molecule has 2 aliphatic heterocycles. The first-order valence-corrected chi connectivity index (χ1v) is 13.0. The van der Waals surface area contributed by atoms with Gasteiger partial charge in [-0.3, -0.25) is 4.90 Å². The third-order valence-electron chi connectivity index (χ3n) is 8.89. The summed E-state index contributed by atoms with van der Waals surface area (Å²) in [6.45, 7) is 5.39. The number of anilines is 1. The van der Waals surface area contributed by atoms with Gasteiger partial charge >= 0.3 is 6.03 Å². The van der Waals surface area contributed by atoms with Crippen molar-refractivity contribution in [2.45, 2.75) is 54.9 Å². The largest absolute Gasteiger partial charge is 0.504 e. The van der Waals surface area contributed by atoms with Gasteiger partial charge in [-0.25, -0.2) is 4.79 Å². The van der Waals surface area contributed by atoms with E-state index in [-0.39, 0.29) is 23.9 Å². The predicted molar refractivity (Wildman–Crippen MR) is 139 cm³/mol. The molecule has 2 heterocycles. The molecule has 2 fully saturated rings. The zero-order chi connectivity index (χ0) is 25.4. The van der Waals surface area contributed by atoms with Crippen molar-refractivity contribution < 1.29 is 19.7 Å². The monoisotopic (exact) mass is 529 g/mol. The topological polar surface area (TPSA) is 85.3 Å². The SMILES string of the molecule is C=CCN1CC[C@]23c4c5ccc(O)c4O[C@H]2[C@H](N(C)C(=O)Nc2ccc(Cl)c(Cl)c2)CC[C@@]3(O)[C@H]1C5. The number of aliphatic hydroxyl groups is 1. The van der Waals surface area contributed by atoms with Crippen molar-refractivity contribution >= 4 is 34.9 Å². The van der Waals surface area contributed by atoms with Crippen LogP contribution in [0, 0.1) is 0 Å². The Morgan fingerprint density at radius 3 is 2.86 bits per heavy atom. The number of rotatable bonds is 4. The summed E-state index contributed by atoms with van der Waals surface area (Å²) in [5, 5.41) is 26.9. The molecule has 3 N–H and O–H groups in total. The third-order valence-corrected chi connectivity index (χ3v) is 9.63. The highest BCUT2D eigenvalue weighted by Gasteiger charge is 2.73. The van der Waals surface area contributed by atoms with Gasteiger partial charge in [-0.2, -0.15) is 0 Å². The van der Waals surface area contributed by atoms with E-state index in [4.69, 9.17) is 27.9 Å². The summed E-state index contributed by atoms with van der Waals surface area (Å²) >= 11 is 12.1. The molecule has 9 heteroatoms. The highest BCUT2D eigenvalue weighted by Crippen LogP contribution is 2.65. The van der Waals surface area contributed by atoms with E-state index >= 15 is 0 Å². The fourth-order valence-electron chi connectivity index (χ4n) is 7.32. The number of nitrogens with zero attached hydrogens (tertiary/aromatic N) is 2. The number of halogens is 2. The number of phenolic OH excluding ortho intramolecular Hbond substituents is 1. The van der Waals surface area contributed by atoms with Crippen molar-refractivity contribution in [3.8, 4) is 11.5 Å². The standard InChI is InChI=1S/C27H29Cl2N3O4/c1-3-11-32-12-10-26-22-15-4-7-20(33)23(22)36-24(26)19(8-9-27(26,35)21(32)13-15)31(2)25(34)30-16-5-6-17(28)18(29)14-16/h3-7,14,19,21,24,33,35H,1,8-13H2,2H3,(H,30,34)/t19-,21-,24+,26+,27-/m1/s1. The Bertz CT molecular complexity index is 1270. The van der Waals surface area contributed by atoms with Crippen LogP contribution in [-0.4, -0.2) is 70.0 Å². The lowest BCUT2D eigenvalue weighted by atomic mass is 9.48. The number of carbonyl (C=O) groups excluding carboxylic acids is 1. The van der Waals surface area contributed by atoms with Gasteiger partial charge < -0.3 is 25.2 Å². The van der Waals surface area contributed by atoms with Crippen LogP contribution in [0.3, 0.4) is 0 Å². The fraction of sp³-hybridized carbons (Fsp3) is 0.444. The van der Waals surface area contributed by atoms with Gasteiger partial charge in [0.25, 0.3) is 0 Å². The zero-order valence-corrected chi connectivity index (χ0v) is 21.5. The Labute approximate surface area is 220 Å². The van der Waals surface area contributed by atoms with E-state index in [1.165, 1.54) is 0 Å². The number of amides is 2. The molecule has 190 valence electrons. The molecule has 6 rings (SSSR count). The van der Waals surface area contributed by atoms with E-state index in [1.54, 1.807) is 36.2 Å². The van der Waals surface area contributed by atoms with Crippen LogP contribution in [0.2, 0.25) is 10.0 Å². The van der Waals surface area contributed by atoms with Crippen molar-refractivity contribution in [1.82, 2.24) is 9.80 Å². The van der Waals surface area contributed by atoms with Gasteiger partial charge in [0.1, 0.15) is 6.10 Å². The minimum Gasteiger partial charge on any atom is -0.504 e. The zero-order valence-electron chi connectivity index (χ0n) is 20.0. The lowest BCUT2D eigenvalue weighted by Crippen LogP contribution is -2.78. The first-order chi connectivity index (χ1) is 17.2. The van der Waals surface area contributed by atoms with E-state index < -0.39 is 17.1 Å². The molecule has 36 heavy (non-hydrogen) atoms. The van der Waals surface area contributed by atoms with Crippen LogP contribution >= 0.6 is 23.2 Å². The molecule has 2 aliphatic carbocycles. The van der Waals surface area contributed by atoms with Crippen LogP contribution in [0.25, 0.3) is 0 Å². The number of urea groups is 1. The van der Waals surface area contributed by atoms with E-state index in [1.807, 2.05) is 12.1 Å². The number of nitrogens with one attached hydrogen (secondary N) is 1. The third kappa shape index (κ3) is 3.09. The van der Waals surface area contributed by atoms with Crippen molar-refractivity contribution in [3.05, 3.63) is 64.2 Å². The van der Waals surface area contributed by atoms with Crippen LogP contribution in [0.15, 0.2) is 43.0 Å². The van der Waals surface area contributed by atoms with Crippen LogP contribution in [0.5, 0.6) is 11.5 Å². The molecule has 7 nitrogen and oxygen atoms in total. The summed E-state index contributed by atoms with van der Waals surface area (Å²) in [6.07, 6.45) is 3.83. The molecule has 1 spiro atoms. The van der Waals surface area contributed by atoms with Gasteiger partial charge in [0.15, 0.2) is 11.5 Å². The maximum Gasteiger partial charge on any atom is 0.321 e. The van der Waals surface area contributed by atoms with Gasteiger partial charge in [0, 0.05) is 30.9 Å². The Morgan fingerprint density at radius 1 is 1.31 bits per heavy atom. The molecule has 2 bridgehead atoms. The second-order valence-corrected chi connectivity index (χ2v) is 11.2. The lowest BCUT2D eigenvalue weighted by Gasteiger charge is -2.64. The minimum absolute atomic E-state index is 0.0773. The summed E-state index contributed by atoms with van der Waals surface area (Å²) < 4.78 is 6.53. The van der Waals surface area contributed by atoms with Crippen molar-refractivity contribution in [1.29, 1.82) is 0 Å². The summed E-state index contributed by atoms with van der Waals surface area (Å²) in [5.74, 6) is 0.533. The Hall–Kier alpha value is -2.45. The Kier molecular flexibility index (Phi) is 5.50. The van der Waals surface area contributed by atoms with E-state index in [9.17, 15) is 15.0 Å². The second kappa shape index (κ2) is 8.28. The average Bonchev–Trinajstić information content (AvgIpc) is 3.20. The second-order valence-electron chi connectivity index (χ2n) is 10.4. The fourth-order valence-corrected chi connectivity index (χ4v) is 7.62. The van der Waals surface area contributed by atoms with Gasteiger partial charge in [0.2, 0.25) is 0 Å². The first kappa shape index (κ1) is 23.9. The van der Waals surface area contributed by atoms with E-state index in [2.05, 4.69) is 16.8 Å². The Balaban J connectivity index is 1.38. The molecular weight excluding hydrogens is 501 g/mol. The summed E-state index contributed by atoms with van der Waals surface area (Å²) in [4.78, 5) is 17.3. The van der Waals surface area contributed by atoms with Crippen LogP contribution in [0.4, 0.5) is 10.5 Å². The number of piperidine rings is 1. The van der Waals surface area contributed by atoms with Gasteiger partial charge in [-0.05, 0) is 62.1 Å². The highest BCUT2D eigenvalue weighted by atomic mass is 35.5. The smallest absolute Gasteiger partial charge is 0.321 e. The number of likely N-dealkylation sites (tertiary alicyclic amines) is 1. The molecule has 1 saturated heterocycles. The van der Waals surface area contributed by atoms with Crippen LogP contribution in [0.1, 0.15) is 30.4 Å². The number of aromatic hydroxyl groups is 1. The molecule has 0 radical (unpaired) electrons. The van der Waals surface area contributed by atoms with E-state index in [0.717, 1.165) is 17.7 Å². The molecule has 5 atom stereocenters. The molecule has 4 aliphatic rings. The summed E-state index contributed by atoms with van der Waals surface area (Å²) in [5.41, 5.74) is 0.808. The number of ether oxygens (including phenoxy) is 1. The minimum atomic E-state index is -1.04. The van der Waals surface area contributed by atoms with Gasteiger partial charge in [-0.15, -0.1) is 6.58 Å². The number of hydrogen-bond acceptors (Lipinski definition) is 5. The van der Waals surface area contributed by atoms with Crippen molar-refractivity contribution in [3.63, 3.8) is 0 Å². The van der Waals surface area contributed by atoms with Crippen LogP contribution in [-0.2, 0) is 11.8 Å². The summed E-state index contributed by atoms with van der Waals surface area (Å²) in [7, 11) is 1.75. The van der Waals surface area contributed by atoms with E-state index in [0.29, 0.717) is 53.7 Å². The number of likely N-dealkylation sites (N-methyl/N-ethyl adjacent to an activating group) is 1. The maximum absolute atomic E-state index is 13.3. The molecule has 2 aromatic carbocycles. The molecule has 0 unspecified atom stereocenters. The van der Waals surface area contributed by atoms with Gasteiger partial charge in [0.05, 0.1) is 27.1 Å². The lowest BCUT2D eigenvalue weighted by molar-refractivity contribution is -0.194. The summed E-state index contributed by atoms with van der Waals surface area (Å²) in [6, 6.07) is 7.88. The predicted octanol–water partition coefficient (Wildman–Crippen LogP) is 4.57. The number of hydrogen-bond donors (Lipinski definition) is 3. The van der Waals surface area contributed by atoms with Gasteiger partial charge in [-0.1, -0.05) is 35.3 Å². The number of phenols is 1. The number of benzene rings is 2. The van der Waals surface area contributed by atoms with Crippen molar-refractivity contribution in [2.24, 2.45) is 0 Å². The number of carbonyl (C=O) groups is 1. The first-order valence-electron chi connectivity index (χ1n) is 12.3. The molecule has 2 aromatic rings. The quantitative estimate of drug-likeness (QED) is 0.505. The maximum atomic E-state index is 13.3. The Morgan fingerprint density at radius 2 is 2.11 bits per heavy atom. The average molecular weight is 530 g/mol. The van der Waals surface area contributed by atoms with Crippen molar-refractivity contribution in [2.75, 3.05) is 25.5 Å². The molecular formula is C27H29Cl2N3O4. The van der Waals surface area contributed by atoms with Crippen LogP contribution < -0.4 is 10.1 Å². The molecule has 1 saturated carbocycles. The highest BCUT2D eigenvalue weighted by molar-refractivity contribution is 6.42. The molecule has 0 aromatic heterocycles. The molecule has 2 amide bonds.